The summed E-state index contributed by atoms with van der Waals surface area (Å²) in [5, 5.41) is 1.43. The Morgan fingerprint density at radius 3 is 1.74 bits per heavy atom. The number of ketones is 2. The second-order valence-corrected chi connectivity index (χ2v) is 14.1. The van der Waals surface area contributed by atoms with Crippen LogP contribution in [0.15, 0.2) is 16.2 Å². The smallest absolute Gasteiger partial charge is 0.189 e. The standard InChI is InChI=1S/C25H34N2O2S2/c1-13-12-16(30-19-17(28)14-8-10-24(19,6)22(14,2)3)27-21(26-13)31-20-18(29)15-9-11-25(20,7)23(15,4)5/h12,14-15,19-20H,8-11H2,1-7H3/t14-,15-,19+,20-,24-,25-/m1/s1. The molecule has 6 heteroatoms. The Kier molecular flexibility index (Phi) is 4.66. The first-order chi connectivity index (χ1) is 14.3. The largest absolute Gasteiger partial charge is 0.298 e. The van der Waals surface area contributed by atoms with Crippen LogP contribution in [-0.4, -0.2) is 32.0 Å². The molecule has 0 N–H and O–H groups in total. The molecule has 0 spiro atoms. The lowest BCUT2D eigenvalue weighted by atomic mass is 9.71. The van der Waals surface area contributed by atoms with Crippen molar-refractivity contribution < 1.29 is 9.59 Å². The summed E-state index contributed by atoms with van der Waals surface area (Å²) in [4.78, 5) is 35.9. The molecule has 4 bridgehead atoms. The Bertz CT molecular complexity index is 915. The van der Waals surface area contributed by atoms with Crippen LogP contribution in [0.1, 0.15) is 72.9 Å². The number of Topliss-reactive ketones (excluding diaryl/α,β-unsaturated/α-hetero) is 2. The SMILES string of the molecule is Cc1cc(S[C@H]2C(=O)[C@H]3CC[C@@]2(C)C3(C)C)nc(S[C@@H]2C(=O)[C@H]3CC[C@@]2(C)C3(C)C)n1. The number of fused-ring (bicyclic) bond motifs is 4. The first kappa shape index (κ1) is 21.9. The van der Waals surface area contributed by atoms with Crippen LogP contribution in [0.5, 0.6) is 0 Å². The molecule has 4 fully saturated rings. The van der Waals surface area contributed by atoms with Crippen LogP contribution in [0, 0.1) is 40.4 Å². The monoisotopic (exact) mass is 458 g/mol. The Morgan fingerprint density at radius 1 is 0.806 bits per heavy atom. The van der Waals surface area contributed by atoms with E-state index in [1.54, 1.807) is 23.5 Å². The second-order valence-electron chi connectivity index (χ2n) is 11.9. The van der Waals surface area contributed by atoms with Gasteiger partial charge in [-0.3, -0.25) is 9.59 Å². The van der Waals surface area contributed by atoms with Gasteiger partial charge in [0, 0.05) is 17.5 Å². The van der Waals surface area contributed by atoms with E-state index in [4.69, 9.17) is 4.98 Å². The normalized spacial score (nSPS) is 42.0. The molecule has 1 aromatic rings. The number of aromatic nitrogens is 2. The zero-order valence-corrected chi connectivity index (χ0v) is 21.4. The van der Waals surface area contributed by atoms with E-state index in [9.17, 15) is 9.59 Å². The summed E-state index contributed by atoms with van der Waals surface area (Å²) < 4.78 is 0. The second kappa shape index (κ2) is 6.59. The molecular weight excluding hydrogens is 424 g/mol. The van der Waals surface area contributed by atoms with Crippen molar-refractivity contribution in [2.24, 2.45) is 33.5 Å². The van der Waals surface area contributed by atoms with Gasteiger partial charge in [0.15, 0.2) is 5.16 Å². The molecule has 0 amide bonds. The fourth-order valence-electron chi connectivity index (χ4n) is 7.21. The molecule has 0 unspecified atom stereocenters. The molecule has 4 aliphatic carbocycles. The van der Waals surface area contributed by atoms with E-state index in [0.717, 1.165) is 36.4 Å². The number of rotatable bonds is 4. The Labute approximate surface area is 194 Å². The van der Waals surface area contributed by atoms with Crippen molar-refractivity contribution in [3.8, 4) is 0 Å². The molecule has 0 aliphatic heterocycles. The molecule has 0 saturated heterocycles. The summed E-state index contributed by atoms with van der Waals surface area (Å²) in [6.45, 7) is 15.6. The maximum absolute atomic E-state index is 13.2. The van der Waals surface area contributed by atoms with Crippen molar-refractivity contribution in [2.75, 3.05) is 0 Å². The topological polar surface area (TPSA) is 59.9 Å². The van der Waals surface area contributed by atoms with Crippen LogP contribution in [0.4, 0.5) is 0 Å². The molecule has 5 rings (SSSR count). The summed E-state index contributed by atoms with van der Waals surface area (Å²) in [6, 6.07) is 2.00. The number of hydrogen-bond acceptors (Lipinski definition) is 6. The fraction of sp³-hybridized carbons (Fsp3) is 0.760. The van der Waals surface area contributed by atoms with Gasteiger partial charge in [0.25, 0.3) is 0 Å². The van der Waals surface area contributed by atoms with Gasteiger partial charge in [-0.25, -0.2) is 9.97 Å². The minimum absolute atomic E-state index is 0.00362. The quantitative estimate of drug-likeness (QED) is 0.422. The molecule has 4 saturated carbocycles. The van der Waals surface area contributed by atoms with Crippen LogP contribution in [0.3, 0.4) is 0 Å². The van der Waals surface area contributed by atoms with Crippen molar-refractivity contribution in [3.05, 3.63) is 11.8 Å². The highest BCUT2D eigenvalue weighted by molar-refractivity contribution is 8.01. The van der Waals surface area contributed by atoms with Gasteiger partial charge in [0.2, 0.25) is 0 Å². The fourth-order valence-corrected chi connectivity index (χ4v) is 10.4. The molecule has 4 aliphatic rings. The molecule has 31 heavy (non-hydrogen) atoms. The van der Waals surface area contributed by atoms with E-state index in [1.165, 1.54) is 0 Å². The predicted molar refractivity (Wildman–Crippen MR) is 125 cm³/mol. The molecule has 6 atom stereocenters. The van der Waals surface area contributed by atoms with Gasteiger partial charge >= 0.3 is 0 Å². The first-order valence-corrected chi connectivity index (χ1v) is 13.4. The third-order valence-electron chi connectivity index (χ3n) is 10.2. The molecule has 1 aromatic heterocycles. The number of hydrogen-bond donors (Lipinski definition) is 0. The number of nitrogens with zero attached hydrogens (tertiary/aromatic N) is 2. The van der Waals surface area contributed by atoms with Crippen LogP contribution in [0.2, 0.25) is 0 Å². The third kappa shape index (κ3) is 2.70. The van der Waals surface area contributed by atoms with E-state index >= 15 is 0 Å². The van der Waals surface area contributed by atoms with E-state index in [0.29, 0.717) is 16.7 Å². The van der Waals surface area contributed by atoms with Crippen molar-refractivity contribution in [1.82, 2.24) is 9.97 Å². The molecule has 168 valence electrons. The molecular formula is C25H34N2O2S2. The van der Waals surface area contributed by atoms with Crippen LogP contribution in [0.25, 0.3) is 0 Å². The van der Waals surface area contributed by atoms with E-state index < -0.39 is 0 Å². The van der Waals surface area contributed by atoms with Crippen molar-refractivity contribution >= 4 is 35.1 Å². The Morgan fingerprint density at radius 2 is 1.29 bits per heavy atom. The summed E-state index contributed by atoms with van der Waals surface area (Å²) in [5.74, 6) is 1.09. The first-order valence-electron chi connectivity index (χ1n) is 11.6. The molecule has 1 heterocycles. The molecule has 0 aromatic carbocycles. The van der Waals surface area contributed by atoms with Gasteiger partial charge < -0.3 is 0 Å². The highest BCUT2D eigenvalue weighted by Crippen LogP contribution is 2.68. The number of aryl methyl sites for hydroxylation is 1. The molecule has 4 nitrogen and oxygen atoms in total. The lowest BCUT2D eigenvalue weighted by molar-refractivity contribution is -0.123. The summed E-state index contributed by atoms with van der Waals surface area (Å²) >= 11 is 3.18. The average Bonchev–Trinajstić information content (AvgIpc) is 3.14. The highest BCUT2D eigenvalue weighted by Gasteiger charge is 2.67. The van der Waals surface area contributed by atoms with Crippen LogP contribution < -0.4 is 0 Å². The van der Waals surface area contributed by atoms with Crippen molar-refractivity contribution in [3.63, 3.8) is 0 Å². The van der Waals surface area contributed by atoms with Crippen molar-refractivity contribution in [2.45, 2.75) is 94.8 Å². The maximum Gasteiger partial charge on any atom is 0.189 e. The number of carbonyl (C=O) groups is 2. The predicted octanol–water partition coefficient (Wildman–Crippen LogP) is 5.76. The van der Waals surface area contributed by atoms with E-state index in [2.05, 4.69) is 46.5 Å². The number of thioether (sulfide) groups is 2. The Balaban J connectivity index is 1.42. The van der Waals surface area contributed by atoms with Crippen LogP contribution >= 0.6 is 23.5 Å². The minimum atomic E-state index is -0.0820. The lowest BCUT2D eigenvalue weighted by Gasteiger charge is -2.37. The van der Waals surface area contributed by atoms with E-state index in [-0.39, 0.29) is 44.0 Å². The highest BCUT2D eigenvalue weighted by atomic mass is 32.2. The Hall–Kier alpha value is -0.880. The zero-order chi connectivity index (χ0) is 22.6. The van der Waals surface area contributed by atoms with Crippen molar-refractivity contribution in [1.29, 1.82) is 0 Å². The van der Waals surface area contributed by atoms with E-state index in [1.807, 2.05) is 13.0 Å². The minimum Gasteiger partial charge on any atom is -0.298 e. The number of carbonyl (C=O) groups excluding carboxylic acids is 2. The zero-order valence-electron chi connectivity index (χ0n) is 19.7. The lowest BCUT2D eigenvalue weighted by Crippen LogP contribution is -2.36. The maximum atomic E-state index is 13.2. The van der Waals surface area contributed by atoms with Gasteiger partial charge in [-0.1, -0.05) is 65.1 Å². The van der Waals surface area contributed by atoms with Gasteiger partial charge in [0.05, 0.1) is 10.5 Å². The summed E-state index contributed by atoms with van der Waals surface area (Å²) in [5.41, 5.74) is 0.956. The summed E-state index contributed by atoms with van der Waals surface area (Å²) in [6.07, 6.45) is 4.22. The summed E-state index contributed by atoms with van der Waals surface area (Å²) in [7, 11) is 0. The van der Waals surface area contributed by atoms with Gasteiger partial charge in [0.1, 0.15) is 16.6 Å². The van der Waals surface area contributed by atoms with Gasteiger partial charge in [-0.05, 0) is 60.3 Å². The van der Waals surface area contributed by atoms with Crippen LogP contribution in [-0.2, 0) is 9.59 Å². The molecule has 0 radical (unpaired) electrons. The third-order valence-corrected chi connectivity index (χ3v) is 13.0. The average molecular weight is 459 g/mol. The van der Waals surface area contributed by atoms with Gasteiger partial charge in [-0.2, -0.15) is 0 Å². The van der Waals surface area contributed by atoms with Gasteiger partial charge in [-0.15, -0.1) is 0 Å².